The zero-order valence-corrected chi connectivity index (χ0v) is 24.4. The zero-order valence-electron chi connectivity index (χ0n) is 23.6. The predicted octanol–water partition coefficient (Wildman–Crippen LogP) is 6.14. The van der Waals surface area contributed by atoms with Crippen molar-refractivity contribution in [3.8, 4) is 17.1 Å². The van der Waals surface area contributed by atoms with Gasteiger partial charge in [0.05, 0.1) is 24.5 Å². The summed E-state index contributed by atoms with van der Waals surface area (Å²) < 4.78 is 15.0. The monoisotopic (exact) mass is 562 g/mol. The first-order valence-electron chi connectivity index (χ1n) is 13.9. The molecule has 1 aromatic heterocycles. The number of benzene rings is 2. The Morgan fingerprint density at radius 3 is 2.50 bits per heavy atom. The molecule has 3 N–H and O–H groups in total. The molecule has 1 atom stereocenters. The molecule has 1 aliphatic carbocycles. The highest BCUT2D eigenvalue weighted by molar-refractivity contribution is 8.00. The van der Waals surface area contributed by atoms with Crippen molar-refractivity contribution in [1.82, 2.24) is 15.3 Å². The van der Waals surface area contributed by atoms with E-state index in [0.29, 0.717) is 35.8 Å². The van der Waals surface area contributed by atoms with E-state index in [9.17, 15) is 9.90 Å². The molecule has 0 amide bonds. The van der Waals surface area contributed by atoms with Gasteiger partial charge in [0.1, 0.15) is 6.61 Å². The summed E-state index contributed by atoms with van der Waals surface area (Å²) in [6, 6.07) is 15.6. The van der Waals surface area contributed by atoms with Gasteiger partial charge >= 0.3 is 5.97 Å². The van der Waals surface area contributed by atoms with Crippen molar-refractivity contribution >= 4 is 23.9 Å². The smallest absolute Gasteiger partial charge is 0.335 e. The second-order valence-electron chi connectivity index (χ2n) is 11.6. The molecule has 0 bridgehead atoms. The zero-order chi connectivity index (χ0) is 28.3. The standard InChI is InChI=1S/C31H38N4O4S/c1-19(2)11-23(32-24-14-31(15-24)17-38-18-31)16-39-27-13-26(28-20(3)7-5-8-21(28)4)33-30(34-27)35-40-25-10-6-9-22(12-25)29(36)37/h5-10,12-13,19,23-24,32H,11,14-18H2,1-4H3,(H,36,37)(H,33,34,35). The van der Waals surface area contributed by atoms with E-state index in [0.717, 1.165) is 46.9 Å². The number of aromatic carboxylic acids is 1. The molecule has 3 aromatic rings. The van der Waals surface area contributed by atoms with Crippen molar-refractivity contribution in [2.75, 3.05) is 24.5 Å². The van der Waals surface area contributed by atoms with Gasteiger partial charge in [0.15, 0.2) is 0 Å². The van der Waals surface area contributed by atoms with Crippen LogP contribution in [0.4, 0.5) is 5.95 Å². The highest BCUT2D eigenvalue weighted by atomic mass is 32.2. The van der Waals surface area contributed by atoms with Crippen molar-refractivity contribution < 1.29 is 19.4 Å². The van der Waals surface area contributed by atoms with E-state index in [1.54, 1.807) is 18.2 Å². The molecule has 1 spiro atoms. The maximum Gasteiger partial charge on any atom is 0.335 e. The van der Waals surface area contributed by atoms with Crippen LogP contribution in [0, 0.1) is 25.2 Å². The summed E-state index contributed by atoms with van der Waals surface area (Å²) in [6.07, 6.45) is 3.34. The maximum absolute atomic E-state index is 11.4. The molecule has 1 saturated carbocycles. The maximum atomic E-state index is 11.4. The minimum Gasteiger partial charge on any atom is -0.478 e. The molecule has 2 aliphatic rings. The third kappa shape index (κ3) is 6.77. The normalized spacial score (nSPS) is 16.8. The summed E-state index contributed by atoms with van der Waals surface area (Å²) in [5.41, 5.74) is 4.71. The van der Waals surface area contributed by atoms with Gasteiger partial charge in [0, 0.05) is 34.0 Å². The van der Waals surface area contributed by atoms with Crippen LogP contribution in [0.25, 0.3) is 11.3 Å². The van der Waals surface area contributed by atoms with Crippen LogP contribution < -0.4 is 14.8 Å². The Morgan fingerprint density at radius 1 is 1.12 bits per heavy atom. The minimum absolute atomic E-state index is 0.214. The lowest BCUT2D eigenvalue weighted by Gasteiger charge is -2.54. The van der Waals surface area contributed by atoms with Crippen molar-refractivity contribution in [3.05, 3.63) is 65.2 Å². The van der Waals surface area contributed by atoms with E-state index in [2.05, 4.69) is 54.9 Å². The Hall–Kier alpha value is -3.14. The molecule has 1 saturated heterocycles. The Balaban J connectivity index is 1.34. The summed E-state index contributed by atoms with van der Waals surface area (Å²) in [6.45, 7) is 10.9. The molecule has 2 heterocycles. The van der Waals surface area contributed by atoms with Crippen LogP contribution in [0.15, 0.2) is 53.4 Å². The number of nitrogens with one attached hydrogen (secondary N) is 2. The van der Waals surface area contributed by atoms with Crippen LogP contribution in [0.2, 0.25) is 0 Å². The van der Waals surface area contributed by atoms with Crippen LogP contribution >= 0.6 is 11.9 Å². The molecule has 0 radical (unpaired) electrons. The summed E-state index contributed by atoms with van der Waals surface area (Å²) >= 11 is 1.27. The van der Waals surface area contributed by atoms with E-state index in [1.165, 1.54) is 24.8 Å². The van der Waals surface area contributed by atoms with E-state index in [1.807, 2.05) is 18.2 Å². The number of anilines is 1. The van der Waals surface area contributed by atoms with E-state index < -0.39 is 5.97 Å². The topological polar surface area (TPSA) is 106 Å². The van der Waals surface area contributed by atoms with Gasteiger partial charge in [0.2, 0.25) is 11.8 Å². The van der Waals surface area contributed by atoms with Gasteiger partial charge < -0.3 is 19.9 Å². The fourth-order valence-electron chi connectivity index (χ4n) is 5.69. The lowest BCUT2D eigenvalue weighted by molar-refractivity contribution is -0.168. The van der Waals surface area contributed by atoms with E-state index in [4.69, 9.17) is 14.5 Å². The summed E-state index contributed by atoms with van der Waals surface area (Å²) in [5.74, 6) is 0.477. The van der Waals surface area contributed by atoms with Gasteiger partial charge in [-0.15, -0.1) is 0 Å². The Bertz CT molecular complexity index is 1330. The number of carboxylic acid groups (broad SMARTS) is 1. The SMILES string of the molecule is Cc1cccc(C)c1-c1cc(OCC(CC(C)C)NC2CC3(COC3)C2)nc(NSc2cccc(C(=O)O)c2)n1. The molecule has 1 aliphatic heterocycles. The largest absolute Gasteiger partial charge is 0.478 e. The Labute approximate surface area is 240 Å². The number of nitrogens with zero attached hydrogens (tertiary/aromatic N) is 2. The van der Waals surface area contributed by atoms with E-state index >= 15 is 0 Å². The fraction of sp³-hybridized carbons (Fsp3) is 0.452. The number of aryl methyl sites for hydroxylation is 2. The van der Waals surface area contributed by atoms with Gasteiger partial charge in [-0.1, -0.05) is 38.1 Å². The van der Waals surface area contributed by atoms with Gasteiger partial charge in [-0.05, 0) is 80.3 Å². The van der Waals surface area contributed by atoms with Crippen molar-refractivity contribution in [3.63, 3.8) is 0 Å². The fourth-order valence-corrected chi connectivity index (χ4v) is 6.32. The molecule has 8 nitrogen and oxygen atoms in total. The second kappa shape index (κ2) is 12.2. The van der Waals surface area contributed by atoms with Gasteiger partial charge in [-0.25, -0.2) is 9.78 Å². The highest BCUT2D eigenvalue weighted by Gasteiger charge is 2.50. The number of rotatable bonds is 12. The van der Waals surface area contributed by atoms with Crippen LogP contribution in [-0.2, 0) is 4.74 Å². The number of hydrogen-bond donors (Lipinski definition) is 3. The van der Waals surface area contributed by atoms with Crippen LogP contribution in [0.5, 0.6) is 5.88 Å². The molecular weight excluding hydrogens is 524 g/mol. The van der Waals surface area contributed by atoms with Crippen molar-refractivity contribution in [1.29, 1.82) is 0 Å². The number of carboxylic acids is 1. The average molecular weight is 563 g/mol. The third-order valence-corrected chi connectivity index (χ3v) is 8.39. The lowest BCUT2D eigenvalue weighted by atomic mass is 9.64. The molecule has 1 unspecified atom stereocenters. The number of hydrogen-bond acceptors (Lipinski definition) is 8. The predicted molar refractivity (Wildman–Crippen MR) is 158 cm³/mol. The van der Waals surface area contributed by atoms with Crippen molar-refractivity contribution in [2.24, 2.45) is 11.3 Å². The van der Waals surface area contributed by atoms with Gasteiger partial charge in [0.25, 0.3) is 0 Å². The van der Waals surface area contributed by atoms with Crippen LogP contribution in [0.3, 0.4) is 0 Å². The molecule has 40 heavy (non-hydrogen) atoms. The molecule has 2 fully saturated rings. The summed E-state index contributed by atoms with van der Waals surface area (Å²) in [7, 11) is 0. The van der Waals surface area contributed by atoms with Crippen LogP contribution in [0.1, 0.15) is 54.6 Å². The van der Waals surface area contributed by atoms with Gasteiger partial charge in [-0.2, -0.15) is 4.98 Å². The average Bonchev–Trinajstić information content (AvgIpc) is 2.86. The van der Waals surface area contributed by atoms with E-state index in [-0.39, 0.29) is 11.6 Å². The second-order valence-corrected chi connectivity index (χ2v) is 12.5. The quantitative estimate of drug-likeness (QED) is 0.224. The molecule has 212 valence electrons. The first-order chi connectivity index (χ1) is 19.2. The van der Waals surface area contributed by atoms with Crippen molar-refractivity contribution in [2.45, 2.75) is 63.9 Å². The molecule has 5 rings (SSSR count). The number of aromatic nitrogens is 2. The van der Waals surface area contributed by atoms with Crippen LogP contribution in [-0.4, -0.2) is 52.9 Å². The lowest BCUT2D eigenvalue weighted by Crippen LogP contribution is -2.60. The van der Waals surface area contributed by atoms with Gasteiger partial charge in [-0.3, -0.25) is 4.72 Å². The highest BCUT2D eigenvalue weighted by Crippen LogP contribution is 2.47. The minimum atomic E-state index is -0.964. The summed E-state index contributed by atoms with van der Waals surface area (Å²) in [5, 5.41) is 13.2. The Morgan fingerprint density at radius 2 is 1.85 bits per heavy atom. The molecule has 2 aromatic carbocycles. The molecule has 9 heteroatoms. The number of ether oxygens (including phenoxy) is 2. The molecular formula is C31H38N4O4S. The summed E-state index contributed by atoms with van der Waals surface area (Å²) in [4.78, 5) is 21.6. The first kappa shape index (κ1) is 28.4. The first-order valence-corrected chi connectivity index (χ1v) is 14.7. The third-order valence-electron chi connectivity index (χ3n) is 7.62. The Kier molecular flexibility index (Phi) is 8.63. The number of carbonyl (C=O) groups is 1.